The van der Waals surface area contributed by atoms with Crippen molar-refractivity contribution in [2.45, 2.75) is 19.6 Å². The predicted octanol–water partition coefficient (Wildman–Crippen LogP) is 0.628. The molecule has 2 aromatic heterocycles. The number of hydrogen-bond acceptors (Lipinski definition) is 4. The van der Waals surface area contributed by atoms with E-state index in [1.54, 1.807) is 6.92 Å². The van der Waals surface area contributed by atoms with E-state index in [0.717, 1.165) is 10.8 Å². The van der Waals surface area contributed by atoms with Crippen LogP contribution < -0.4 is 5.56 Å². The summed E-state index contributed by atoms with van der Waals surface area (Å²) < 4.78 is 38.9. The molecule has 2 aromatic rings. The van der Waals surface area contributed by atoms with Crippen molar-refractivity contribution < 1.29 is 23.1 Å². The monoisotopic (exact) mass is 276 g/mol. The highest BCUT2D eigenvalue weighted by Gasteiger charge is 2.37. The molecule has 0 amide bonds. The van der Waals surface area contributed by atoms with Crippen LogP contribution in [-0.2, 0) is 12.7 Å². The average Bonchev–Trinajstić information content (AvgIpc) is 2.74. The van der Waals surface area contributed by atoms with Gasteiger partial charge in [-0.3, -0.25) is 4.79 Å². The number of fused-ring (bicyclic) bond motifs is 1. The van der Waals surface area contributed by atoms with Crippen LogP contribution >= 0.6 is 0 Å². The van der Waals surface area contributed by atoms with Crippen LogP contribution in [0.4, 0.5) is 13.2 Å². The van der Waals surface area contributed by atoms with E-state index in [-0.39, 0.29) is 12.3 Å². The molecular formula is C9H7F3N4O3. The van der Waals surface area contributed by atoms with Gasteiger partial charge in [-0.15, -0.1) is 5.10 Å². The quantitative estimate of drug-likeness (QED) is 0.868. The third-order valence-corrected chi connectivity index (χ3v) is 2.38. The van der Waals surface area contributed by atoms with Gasteiger partial charge in [-0.25, -0.2) is 4.79 Å². The van der Waals surface area contributed by atoms with Gasteiger partial charge in [0.1, 0.15) is 5.56 Å². The zero-order chi connectivity index (χ0) is 14.4. The van der Waals surface area contributed by atoms with E-state index in [4.69, 9.17) is 5.11 Å². The summed E-state index contributed by atoms with van der Waals surface area (Å²) >= 11 is 0. The van der Waals surface area contributed by atoms with Gasteiger partial charge in [0.2, 0.25) is 5.78 Å². The van der Waals surface area contributed by atoms with Gasteiger partial charge in [0.15, 0.2) is 0 Å². The van der Waals surface area contributed by atoms with Crippen molar-refractivity contribution in [2.75, 3.05) is 0 Å². The Labute approximate surface area is 102 Å². The summed E-state index contributed by atoms with van der Waals surface area (Å²) in [5, 5.41) is 11.8. The number of rotatable bonds is 2. The number of alkyl halides is 3. The first kappa shape index (κ1) is 13.1. The van der Waals surface area contributed by atoms with Crippen molar-refractivity contribution in [3.8, 4) is 0 Å². The first-order valence-corrected chi connectivity index (χ1v) is 5.06. The summed E-state index contributed by atoms with van der Waals surface area (Å²) in [5.74, 6) is -3.39. The van der Waals surface area contributed by atoms with Crippen molar-refractivity contribution in [1.82, 2.24) is 19.2 Å². The molecule has 0 bridgehead atoms. The second-order valence-electron chi connectivity index (χ2n) is 3.58. The molecule has 2 heterocycles. The minimum atomic E-state index is -4.81. The zero-order valence-electron chi connectivity index (χ0n) is 9.47. The Hall–Kier alpha value is -2.39. The standard InChI is InChI=1S/C9H7F3N4O3/c1-2-15-3-4(6(18)19)5(17)16-8(15)13-7(14-16)9(10,11)12/h3H,2H2,1H3,(H,18,19). The van der Waals surface area contributed by atoms with Gasteiger partial charge in [-0.2, -0.15) is 22.7 Å². The molecule has 0 saturated heterocycles. The number of carbonyl (C=O) groups is 1. The largest absolute Gasteiger partial charge is 0.477 e. The fraction of sp³-hybridized carbons (Fsp3) is 0.333. The van der Waals surface area contributed by atoms with Gasteiger partial charge < -0.3 is 9.67 Å². The second-order valence-corrected chi connectivity index (χ2v) is 3.58. The summed E-state index contributed by atoms with van der Waals surface area (Å²) in [6.07, 6.45) is -3.87. The van der Waals surface area contributed by atoms with E-state index in [2.05, 4.69) is 10.1 Å². The number of nitrogens with zero attached hydrogens (tertiary/aromatic N) is 4. The van der Waals surface area contributed by atoms with Crippen molar-refractivity contribution in [3.05, 3.63) is 27.9 Å². The molecule has 0 radical (unpaired) electrons. The summed E-state index contributed by atoms with van der Waals surface area (Å²) in [7, 11) is 0. The minimum Gasteiger partial charge on any atom is -0.477 e. The summed E-state index contributed by atoms with van der Waals surface area (Å²) in [4.78, 5) is 25.7. The molecule has 0 aromatic carbocycles. The van der Waals surface area contributed by atoms with Crippen LogP contribution in [0.1, 0.15) is 23.1 Å². The van der Waals surface area contributed by atoms with Crippen molar-refractivity contribution in [1.29, 1.82) is 0 Å². The molecule has 0 unspecified atom stereocenters. The number of aromatic carboxylic acids is 1. The lowest BCUT2D eigenvalue weighted by Gasteiger charge is -2.04. The highest BCUT2D eigenvalue weighted by molar-refractivity contribution is 5.86. The minimum absolute atomic E-state index is 0.139. The molecule has 10 heteroatoms. The molecule has 102 valence electrons. The molecule has 1 N–H and O–H groups in total. The maximum Gasteiger partial charge on any atom is 0.453 e. The molecular weight excluding hydrogens is 269 g/mol. The molecule has 0 saturated carbocycles. The summed E-state index contributed by atoms with van der Waals surface area (Å²) in [5.41, 5.74) is -1.83. The Morgan fingerprint density at radius 3 is 2.58 bits per heavy atom. The number of halogens is 3. The Balaban J connectivity index is 2.87. The number of aryl methyl sites for hydroxylation is 1. The van der Waals surface area contributed by atoms with Crippen molar-refractivity contribution in [3.63, 3.8) is 0 Å². The van der Waals surface area contributed by atoms with E-state index in [9.17, 15) is 22.8 Å². The molecule has 2 rings (SSSR count). The molecule has 0 fully saturated rings. The first-order valence-electron chi connectivity index (χ1n) is 5.06. The van der Waals surface area contributed by atoms with Crippen LogP contribution in [0.3, 0.4) is 0 Å². The maximum absolute atomic E-state index is 12.5. The Kier molecular flexibility index (Phi) is 2.80. The molecule has 0 spiro atoms. The number of carboxylic acids is 1. The fourth-order valence-corrected chi connectivity index (χ4v) is 1.51. The third kappa shape index (κ3) is 2.04. The van der Waals surface area contributed by atoms with E-state index in [1.807, 2.05) is 0 Å². The Morgan fingerprint density at radius 1 is 1.47 bits per heavy atom. The smallest absolute Gasteiger partial charge is 0.453 e. The number of hydrogen-bond donors (Lipinski definition) is 1. The van der Waals surface area contributed by atoms with Gasteiger partial charge >= 0.3 is 12.1 Å². The fourth-order valence-electron chi connectivity index (χ4n) is 1.51. The average molecular weight is 276 g/mol. The van der Waals surface area contributed by atoms with E-state index in [0.29, 0.717) is 4.52 Å². The third-order valence-electron chi connectivity index (χ3n) is 2.38. The Morgan fingerprint density at radius 2 is 2.11 bits per heavy atom. The van der Waals surface area contributed by atoms with Gasteiger partial charge in [0.05, 0.1) is 0 Å². The normalized spacial score (nSPS) is 12.0. The first-order chi connectivity index (χ1) is 8.75. The van der Waals surface area contributed by atoms with Crippen LogP contribution in [0.5, 0.6) is 0 Å². The van der Waals surface area contributed by atoms with Crippen LogP contribution in [-0.4, -0.2) is 30.2 Å². The van der Waals surface area contributed by atoms with E-state index in [1.165, 1.54) is 0 Å². The Bertz CT molecular complexity index is 716. The molecule has 0 aliphatic rings. The van der Waals surface area contributed by atoms with E-state index < -0.39 is 29.1 Å². The molecule has 0 aliphatic carbocycles. The van der Waals surface area contributed by atoms with Gasteiger partial charge in [0.25, 0.3) is 11.4 Å². The molecule has 7 nitrogen and oxygen atoms in total. The van der Waals surface area contributed by atoms with Crippen LogP contribution in [0.2, 0.25) is 0 Å². The number of aromatic nitrogens is 4. The van der Waals surface area contributed by atoms with Crippen LogP contribution in [0.15, 0.2) is 11.0 Å². The van der Waals surface area contributed by atoms with Crippen molar-refractivity contribution in [2.24, 2.45) is 0 Å². The van der Waals surface area contributed by atoms with Gasteiger partial charge in [-0.1, -0.05) is 0 Å². The number of carboxylic acid groups (broad SMARTS) is 1. The molecule has 0 atom stereocenters. The lowest BCUT2D eigenvalue weighted by atomic mass is 10.3. The predicted molar refractivity (Wildman–Crippen MR) is 54.9 cm³/mol. The van der Waals surface area contributed by atoms with Crippen molar-refractivity contribution >= 4 is 11.7 Å². The zero-order valence-corrected chi connectivity index (χ0v) is 9.47. The molecule has 0 aliphatic heterocycles. The summed E-state index contributed by atoms with van der Waals surface area (Å²) in [6.45, 7) is 1.71. The van der Waals surface area contributed by atoms with Gasteiger partial charge in [0, 0.05) is 12.7 Å². The lowest BCUT2D eigenvalue weighted by Crippen LogP contribution is -2.26. The summed E-state index contributed by atoms with van der Waals surface area (Å²) in [6, 6.07) is 0. The van der Waals surface area contributed by atoms with Crippen LogP contribution in [0.25, 0.3) is 5.78 Å². The maximum atomic E-state index is 12.5. The van der Waals surface area contributed by atoms with Crippen LogP contribution in [0, 0.1) is 0 Å². The topological polar surface area (TPSA) is 89.5 Å². The molecule has 19 heavy (non-hydrogen) atoms. The van der Waals surface area contributed by atoms with E-state index >= 15 is 0 Å². The highest BCUT2D eigenvalue weighted by Crippen LogP contribution is 2.26. The van der Waals surface area contributed by atoms with Gasteiger partial charge in [-0.05, 0) is 6.92 Å². The highest BCUT2D eigenvalue weighted by atomic mass is 19.4. The SMILES string of the molecule is CCn1cc(C(=O)O)c(=O)n2nc(C(F)(F)F)nc12. The lowest BCUT2D eigenvalue weighted by molar-refractivity contribution is -0.144. The second kappa shape index (κ2) is 4.07.